The molecule has 0 aliphatic rings. The van der Waals surface area contributed by atoms with E-state index in [2.05, 4.69) is 10.3 Å². The van der Waals surface area contributed by atoms with Gasteiger partial charge in [-0.2, -0.15) is 0 Å². The number of hydrogen-bond donors (Lipinski definition) is 1. The summed E-state index contributed by atoms with van der Waals surface area (Å²) in [4.78, 5) is 16.7. The Kier molecular flexibility index (Phi) is 7.32. The lowest BCUT2D eigenvalue weighted by atomic mass is 10.0. The monoisotopic (exact) mass is 308 g/mol. The van der Waals surface area contributed by atoms with E-state index in [4.69, 9.17) is 9.47 Å². The van der Waals surface area contributed by atoms with Gasteiger partial charge in [0.15, 0.2) is 0 Å². The molecule has 0 radical (unpaired) electrons. The SMILES string of the molecule is CCCOc1ncc(NC(=O)[C@@](C)(CC)OCCC)cc1C. The Morgan fingerprint density at radius 1 is 1.27 bits per heavy atom. The van der Waals surface area contributed by atoms with E-state index in [1.54, 1.807) is 6.20 Å². The molecule has 0 bridgehead atoms. The van der Waals surface area contributed by atoms with Gasteiger partial charge in [-0.05, 0) is 39.2 Å². The molecule has 0 unspecified atom stereocenters. The predicted octanol–water partition coefficient (Wildman–Crippen LogP) is 3.71. The van der Waals surface area contributed by atoms with E-state index < -0.39 is 5.60 Å². The van der Waals surface area contributed by atoms with Crippen LogP contribution in [0.25, 0.3) is 0 Å². The lowest BCUT2D eigenvalue weighted by Gasteiger charge is -2.27. The van der Waals surface area contributed by atoms with Gasteiger partial charge in [0.2, 0.25) is 5.88 Å². The maximum atomic E-state index is 12.4. The molecule has 1 rings (SSSR count). The first-order valence-electron chi connectivity index (χ1n) is 8.01. The molecule has 0 saturated heterocycles. The molecule has 0 aliphatic carbocycles. The molecule has 1 N–H and O–H groups in total. The summed E-state index contributed by atoms with van der Waals surface area (Å²) in [5.41, 5.74) is 0.742. The number of amides is 1. The summed E-state index contributed by atoms with van der Waals surface area (Å²) < 4.78 is 11.3. The fraction of sp³-hybridized carbons (Fsp3) is 0.647. The van der Waals surface area contributed by atoms with E-state index in [1.807, 2.05) is 40.7 Å². The van der Waals surface area contributed by atoms with Crippen molar-refractivity contribution in [1.29, 1.82) is 0 Å². The predicted molar refractivity (Wildman–Crippen MR) is 88.3 cm³/mol. The molecule has 5 nitrogen and oxygen atoms in total. The van der Waals surface area contributed by atoms with Crippen LogP contribution >= 0.6 is 0 Å². The van der Waals surface area contributed by atoms with Crippen LogP contribution in [0.15, 0.2) is 12.3 Å². The molecule has 0 saturated carbocycles. The number of anilines is 1. The molecule has 124 valence electrons. The first-order chi connectivity index (χ1) is 10.5. The summed E-state index contributed by atoms with van der Waals surface area (Å²) in [5.74, 6) is 0.465. The lowest BCUT2D eigenvalue weighted by molar-refractivity contribution is -0.139. The number of carbonyl (C=O) groups excluding carboxylic acids is 1. The Morgan fingerprint density at radius 2 is 1.95 bits per heavy atom. The summed E-state index contributed by atoms with van der Waals surface area (Å²) in [6, 6.07) is 1.87. The Morgan fingerprint density at radius 3 is 2.50 bits per heavy atom. The highest BCUT2D eigenvalue weighted by molar-refractivity contribution is 5.97. The topological polar surface area (TPSA) is 60.5 Å². The molecule has 1 amide bonds. The number of aryl methyl sites for hydroxylation is 1. The Bertz CT molecular complexity index is 491. The van der Waals surface area contributed by atoms with Crippen LogP contribution in [0.1, 0.15) is 52.5 Å². The third-order valence-corrected chi connectivity index (χ3v) is 3.51. The van der Waals surface area contributed by atoms with Gasteiger partial charge in [-0.1, -0.05) is 20.8 Å². The number of rotatable bonds is 9. The largest absolute Gasteiger partial charge is 0.477 e. The van der Waals surface area contributed by atoms with Crippen molar-refractivity contribution in [1.82, 2.24) is 4.98 Å². The Labute approximate surface area is 133 Å². The van der Waals surface area contributed by atoms with Crippen molar-refractivity contribution >= 4 is 11.6 Å². The standard InChI is InChI=1S/C17H28N2O3/c1-6-9-21-15-13(4)11-14(12-18-15)19-16(20)17(5,8-3)22-10-7-2/h11-12H,6-10H2,1-5H3,(H,19,20)/t17-/m1/s1. The lowest BCUT2D eigenvalue weighted by Crippen LogP contribution is -2.42. The Balaban J connectivity index is 2.76. The summed E-state index contributed by atoms with van der Waals surface area (Å²) >= 11 is 0. The molecule has 22 heavy (non-hydrogen) atoms. The van der Waals surface area contributed by atoms with Crippen LogP contribution in [0.5, 0.6) is 5.88 Å². The zero-order valence-electron chi connectivity index (χ0n) is 14.4. The number of hydrogen-bond acceptors (Lipinski definition) is 4. The van der Waals surface area contributed by atoms with E-state index in [0.29, 0.717) is 31.2 Å². The molecule has 0 aliphatic heterocycles. The maximum Gasteiger partial charge on any atom is 0.256 e. The summed E-state index contributed by atoms with van der Waals surface area (Å²) in [5, 5.41) is 2.88. The van der Waals surface area contributed by atoms with E-state index >= 15 is 0 Å². The number of aromatic nitrogens is 1. The van der Waals surface area contributed by atoms with Gasteiger partial charge in [-0.3, -0.25) is 4.79 Å². The molecular weight excluding hydrogens is 280 g/mol. The molecule has 1 atom stereocenters. The minimum atomic E-state index is -0.818. The minimum absolute atomic E-state index is 0.146. The van der Waals surface area contributed by atoms with Crippen molar-refractivity contribution in [2.75, 3.05) is 18.5 Å². The second kappa shape index (κ2) is 8.73. The molecule has 0 aromatic carbocycles. The highest BCUT2D eigenvalue weighted by Crippen LogP contribution is 2.22. The Hall–Kier alpha value is -1.62. The number of carbonyl (C=O) groups is 1. The minimum Gasteiger partial charge on any atom is -0.477 e. The fourth-order valence-electron chi connectivity index (χ4n) is 1.90. The third-order valence-electron chi connectivity index (χ3n) is 3.51. The number of nitrogens with zero attached hydrogens (tertiary/aromatic N) is 1. The van der Waals surface area contributed by atoms with Crippen LogP contribution in [-0.2, 0) is 9.53 Å². The fourth-order valence-corrected chi connectivity index (χ4v) is 1.90. The number of nitrogens with one attached hydrogen (secondary N) is 1. The highest BCUT2D eigenvalue weighted by atomic mass is 16.5. The summed E-state index contributed by atoms with van der Waals surface area (Å²) in [7, 11) is 0. The van der Waals surface area contributed by atoms with Crippen LogP contribution in [-0.4, -0.2) is 29.7 Å². The summed E-state index contributed by atoms with van der Waals surface area (Å²) in [6.45, 7) is 11.0. The molecular formula is C17H28N2O3. The van der Waals surface area contributed by atoms with E-state index in [1.165, 1.54) is 0 Å². The molecule has 5 heteroatoms. The van der Waals surface area contributed by atoms with Crippen LogP contribution < -0.4 is 10.1 Å². The van der Waals surface area contributed by atoms with Gasteiger partial charge in [-0.15, -0.1) is 0 Å². The average Bonchev–Trinajstić information content (AvgIpc) is 2.51. The third kappa shape index (κ3) is 4.98. The normalized spacial score (nSPS) is 13.5. The van der Waals surface area contributed by atoms with Crippen LogP contribution in [0.4, 0.5) is 5.69 Å². The van der Waals surface area contributed by atoms with Gasteiger partial charge in [0.1, 0.15) is 5.60 Å². The van der Waals surface area contributed by atoms with Crippen LogP contribution in [0, 0.1) is 6.92 Å². The van der Waals surface area contributed by atoms with Crippen molar-refractivity contribution in [2.45, 2.75) is 59.5 Å². The van der Waals surface area contributed by atoms with Gasteiger partial charge in [0, 0.05) is 12.2 Å². The number of ether oxygens (including phenoxy) is 2. The number of pyridine rings is 1. The summed E-state index contributed by atoms with van der Waals surface area (Å²) in [6.07, 6.45) is 4.05. The quantitative estimate of drug-likeness (QED) is 0.755. The van der Waals surface area contributed by atoms with Crippen molar-refractivity contribution < 1.29 is 14.3 Å². The second-order valence-corrected chi connectivity index (χ2v) is 5.58. The van der Waals surface area contributed by atoms with Crippen molar-refractivity contribution in [2.24, 2.45) is 0 Å². The molecule has 0 fully saturated rings. The van der Waals surface area contributed by atoms with Gasteiger partial charge in [-0.25, -0.2) is 4.98 Å². The van der Waals surface area contributed by atoms with Crippen LogP contribution in [0.3, 0.4) is 0 Å². The molecule has 1 heterocycles. The van der Waals surface area contributed by atoms with Gasteiger partial charge in [0.05, 0.1) is 18.5 Å². The van der Waals surface area contributed by atoms with E-state index in [0.717, 1.165) is 18.4 Å². The first-order valence-corrected chi connectivity index (χ1v) is 8.01. The smallest absolute Gasteiger partial charge is 0.256 e. The van der Waals surface area contributed by atoms with Gasteiger partial charge >= 0.3 is 0 Å². The highest BCUT2D eigenvalue weighted by Gasteiger charge is 2.32. The molecule has 0 spiro atoms. The first kappa shape index (κ1) is 18.4. The average molecular weight is 308 g/mol. The zero-order chi connectivity index (χ0) is 16.6. The maximum absolute atomic E-state index is 12.4. The molecule has 1 aromatic rings. The van der Waals surface area contributed by atoms with Gasteiger partial charge < -0.3 is 14.8 Å². The molecule has 1 aromatic heterocycles. The van der Waals surface area contributed by atoms with Crippen LogP contribution in [0.2, 0.25) is 0 Å². The zero-order valence-corrected chi connectivity index (χ0v) is 14.4. The van der Waals surface area contributed by atoms with Gasteiger partial charge in [0.25, 0.3) is 5.91 Å². The van der Waals surface area contributed by atoms with E-state index in [9.17, 15) is 4.79 Å². The second-order valence-electron chi connectivity index (χ2n) is 5.58. The van der Waals surface area contributed by atoms with E-state index in [-0.39, 0.29) is 5.91 Å². The van der Waals surface area contributed by atoms with Crippen molar-refractivity contribution in [3.05, 3.63) is 17.8 Å². The van der Waals surface area contributed by atoms with Crippen molar-refractivity contribution in [3.63, 3.8) is 0 Å². The van der Waals surface area contributed by atoms with Crippen molar-refractivity contribution in [3.8, 4) is 5.88 Å².